The molecule has 0 bridgehead atoms. The molecule has 3 heterocycles. The van der Waals surface area contributed by atoms with Gasteiger partial charge < -0.3 is 4.57 Å². The Labute approximate surface area is 214 Å². The van der Waals surface area contributed by atoms with Crippen molar-refractivity contribution in [3.63, 3.8) is 0 Å². The third-order valence-electron chi connectivity index (χ3n) is 6.51. The average molecular weight is 489 g/mol. The molecule has 8 heteroatoms. The summed E-state index contributed by atoms with van der Waals surface area (Å²) in [5.41, 5.74) is 5.83. The average Bonchev–Trinajstić information content (AvgIpc) is 3.56. The fourth-order valence-electron chi connectivity index (χ4n) is 4.64. The van der Waals surface area contributed by atoms with Gasteiger partial charge in [-0.3, -0.25) is 0 Å². The molecule has 36 heavy (non-hydrogen) atoms. The first kappa shape index (κ1) is 25.8. The van der Waals surface area contributed by atoms with Crippen LogP contribution in [0.1, 0.15) is 102 Å². The maximum atomic E-state index is 4.86. The lowest BCUT2D eigenvalue weighted by Gasteiger charge is -2.16. The van der Waals surface area contributed by atoms with Gasteiger partial charge in [0.25, 0.3) is 0 Å². The van der Waals surface area contributed by atoms with Crippen molar-refractivity contribution in [2.75, 3.05) is 0 Å². The molecule has 0 radical (unpaired) electrons. The number of aromatic amines is 1. The number of hydrogen-bond donors (Lipinski definition) is 1. The predicted octanol–water partition coefficient (Wildman–Crippen LogP) is 6.09. The molecule has 0 aliphatic rings. The molecule has 0 aliphatic carbocycles. The standard InChI is InChI=1S/C28H40N8/c1-8-9-10-26-29-25(15-18(2)3)32-35(26)17-21-11-13-22(14-12-21)36-24(20(6)7)16-23(19(4)5)27(36)28-30-33-34-31-28/h11-14,16,18-20H,8-10,15,17H2,1-7H3,(H,30,31,33,34). The minimum absolute atomic E-state index is 0.344. The molecule has 0 aliphatic heterocycles. The lowest BCUT2D eigenvalue weighted by Crippen LogP contribution is -2.08. The summed E-state index contributed by atoms with van der Waals surface area (Å²) in [6, 6.07) is 11.1. The van der Waals surface area contributed by atoms with Crippen LogP contribution < -0.4 is 0 Å². The smallest absolute Gasteiger partial charge is 0.196 e. The Hall–Kier alpha value is -3.29. The number of aromatic nitrogens is 8. The molecule has 0 spiro atoms. The van der Waals surface area contributed by atoms with Gasteiger partial charge in [-0.1, -0.05) is 67.0 Å². The highest BCUT2D eigenvalue weighted by molar-refractivity contribution is 5.63. The van der Waals surface area contributed by atoms with Gasteiger partial charge in [0.15, 0.2) is 11.6 Å². The van der Waals surface area contributed by atoms with Crippen LogP contribution in [0.3, 0.4) is 0 Å². The normalized spacial score (nSPS) is 11.9. The van der Waals surface area contributed by atoms with E-state index in [1.165, 1.54) is 16.8 Å². The van der Waals surface area contributed by atoms with Crippen LogP contribution in [-0.4, -0.2) is 40.0 Å². The monoisotopic (exact) mass is 488 g/mol. The van der Waals surface area contributed by atoms with Crippen LogP contribution in [0.25, 0.3) is 17.2 Å². The van der Waals surface area contributed by atoms with E-state index >= 15 is 0 Å². The van der Waals surface area contributed by atoms with Crippen molar-refractivity contribution in [1.29, 1.82) is 0 Å². The van der Waals surface area contributed by atoms with Crippen molar-refractivity contribution >= 4 is 0 Å². The van der Waals surface area contributed by atoms with E-state index in [2.05, 4.69) is 109 Å². The molecule has 3 aromatic heterocycles. The zero-order valence-electron chi connectivity index (χ0n) is 22.8. The van der Waals surface area contributed by atoms with E-state index in [1.54, 1.807) is 0 Å². The highest BCUT2D eigenvalue weighted by Crippen LogP contribution is 2.36. The lowest BCUT2D eigenvalue weighted by atomic mass is 10.0. The van der Waals surface area contributed by atoms with Crippen LogP contribution in [0.4, 0.5) is 0 Å². The molecule has 4 rings (SSSR count). The summed E-state index contributed by atoms with van der Waals surface area (Å²) in [6.07, 6.45) is 4.15. The number of aryl methyl sites for hydroxylation is 1. The Kier molecular flexibility index (Phi) is 8.01. The summed E-state index contributed by atoms with van der Waals surface area (Å²) in [4.78, 5) is 4.86. The molecule has 4 aromatic rings. The van der Waals surface area contributed by atoms with Gasteiger partial charge in [-0.2, -0.15) is 5.10 Å². The van der Waals surface area contributed by atoms with Crippen molar-refractivity contribution in [3.05, 3.63) is 58.8 Å². The quantitative estimate of drug-likeness (QED) is 0.276. The van der Waals surface area contributed by atoms with E-state index in [0.717, 1.165) is 55.3 Å². The van der Waals surface area contributed by atoms with Crippen LogP contribution in [0.15, 0.2) is 30.3 Å². The maximum Gasteiger partial charge on any atom is 0.196 e. The molecule has 0 amide bonds. The van der Waals surface area contributed by atoms with Crippen LogP contribution in [0.2, 0.25) is 0 Å². The second kappa shape index (κ2) is 11.2. The van der Waals surface area contributed by atoms with Crippen LogP contribution >= 0.6 is 0 Å². The first-order valence-electron chi connectivity index (χ1n) is 13.3. The second-order valence-electron chi connectivity index (χ2n) is 10.7. The van der Waals surface area contributed by atoms with Crippen LogP contribution in [0, 0.1) is 5.92 Å². The predicted molar refractivity (Wildman–Crippen MR) is 143 cm³/mol. The van der Waals surface area contributed by atoms with Gasteiger partial charge in [0.2, 0.25) is 0 Å². The molecular weight excluding hydrogens is 448 g/mol. The summed E-state index contributed by atoms with van der Waals surface area (Å²) in [5, 5.41) is 19.8. The van der Waals surface area contributed by atoms with Crippen LogP contribution in [0.5, 0.6) is 0 Å². The Morgan fingerprint density at radius 3 is 2.31 bits per heavy atom. The molecule has 0 saturated heterocycles. The SMILES string of the molecule is CCCCc1nc(CC(C)C)nn1Cc1ccc(-n2c(C(C)C)cc(C(C)C)c2-c2nnn[nH]2)cc1. The molecule has 1 N–H and O–H groups in total. The highest BCUT2D eigenvalue weighted by Gasteiger charge is 2.23. The molecule has 8 nitrogen and oxygen atoms in total. The largest absolute Gasteiger partial charge is 0.310 e. The molecular formula is C28H40N8. The number of nitrogens with one attached hydrogen (secondary N) is 1. The summed E-state index contributed by atoms with van der Waals surface area (Å²) < 4.78 is 4.40. The third kappa shape index (κ3) is 5.58. The van der Waals surface area contributed by atoms with E-state index in [1.807, 2.05) is 0 Å². The molecule has 0 unspecified atom stereocenters. The number of unbranched alkanes of at least 4 members (excludes halogenated alkanes) is 1. The molecule has 1 aromatic carbocycles. The fraction of sp³-hybridized carbons (Fsp3) is 0.536. The Morgan fingerprint density at radius 2 is 1.72 bits per heavy atom. The molecule has 0 saturated carbocycles. The van der Waals surface area contributed by atoms with Crippen molar-refractivity contribution < 1.29 is 0 Å². The van der Waals surface area contributed by atoms with Crippen molar-refractivity contribution in [2.45, 2.75) is 92.5 Å². The Balaban J connectivity index is 1.69. The number of hydrogen-bond acceptors (Lipinski definition) is 5. The summed E-state index contributed by atoms with van der Waals surface area (Å²) >= 11 is 0. The van der Waals surface area contributed by atoms with E-state index in [4.69, 9.17) is 10.1 Å². The van der Waals surface area contributed by atoms with Crippen LogP contribution in [-0.2, 0) is 19.4 Å². The van der Waals surface area contributed by atoms with E-state index < -0.39 is 0 Å². The summed E-state index contributed by atoms with van der Waals surface area (Å²) in [5.74, 6) is 3.97. The van der Waals surface area contributed by atoms with Crippen molar-refractivity contribution in [2.24, 2.45) is 5.92 Å². The molecule has 192 valence electrons. The number of nitrogens with zero attached hydrogens (tertiary/aromatic N) is 7. The molecule has 0 fully saturated rings. The lowest BCUT2D eigenvalue weighted by molar-refractivity contribution is 0.592. The topological polar surface area (TPSA) is 90.1 Å². The van der Waals surface area contributed by atoms with E-state index in [-0.39, 0.29) is 0 Å². The minimum atomic E-state index is 0.344. The van der Waals surface area contributed by atoms with Gasteiger partial charge >= 0.3 is 0 Å². The summed E-state index contributed by atoms with van der Waals surface area (Å²) in [6.45, 7) is 16.2. The first-order chi connectivity index (χ1) is 17.3. The molecule has 0 atom stereocenters. The van der Waals surface area contributed by atoms with Gasteiger partial charge in [0.1, 0.15) is 5.82 Å². The van der Waals surface area contributed by atoms with Gasteiger partial charge in [-0.25, -0.2) is 14.8 Å². The van der Waals surface area contributed by atoms with Gasteiger partial charge in [-0.15, -0.1) is 5.10 Å². The zero-order chi connectivity index (χ0) is 25.8. The number of benzene rings is 1. The van der Waals surface area contributed by atoms with E-state index in [0.29, 0.717) is 23.6 Å². The maximum absolute atomic E-state index is 4.86. The minimum Gasteiger partial charge on any atom is -0.310 e. The fourth-order valence-corrected chi connectivity index (χ4v) is 4.64. The number of rotatable bonds is 11. The zero-order valence-corrected chi connectivity index (χ0v) is 22.8. The van der Waals surface area contributed by atoms with E-state index in [9.17, 15) is 0 Å². The van der Waals surface area contributed by atoms with Crippen molar-refractivity contribution in [3.8, 4) is 17.2 Å². The van der Waals surface area contributed by atoms with Gasteiger partial charge in [-0.05, 0) is 63.9 Å². The Bertz CT molecular complexity index is 1240. The van der Waals surface area contributed by atoms with Gasteiger partial charge in [0.05, 0.1) is 12.2 Å². The Morgan fingerprint density at radius 1 is 0.972 bits per heavy atom. The van der Waals surface area contributed by atoms with Crippen molar-refractivity contribution in [1.82, 2.24) is 40.0 Å². The highest BCUT2D eigenvalue weighted by atomic mass is 15.5. The second-order valence-corrected chi connectivity index (χ2v) is 10.7. The summed E-state index contributed by atoms with van der Waals surface area (Å²) in [7, 11) is 0. The third-order valence-corrected chi connectivity index (χ3v) is 6.51. The van der Waals surface area contributed by atoms with Gasteiger partial charge in [0, 0.05) is 24.2 Å². The first-order valence-corrected chi connectivity index (χ1v) is 13.3. The number of tetrazole rings is 1. The number of H-pyrrole nitrogens is 1.